The maximum absolute atomic E-state index is 13.7. The Morgan fingerprint density at radius 1 is 1.27 bits per heavy atom. The second-order valence-electron chi connectivity index (χ2n) is 7.39. The third-order valence-electron chi connectivity index (χ3n) is 4.98. The predicted octanol–water partition coefficient (Wildman–Crippen LogP) is 4.57. The molecule has 1 aliphatic rings. The lowest BCUT2D eigenvalue weighted by atomic mass is 9.75. The minimum Gasteiger partial charge on any atom is -0.460 e. The van der Waals surface area contributed by atoms with Gasteiger partial charge in [-0.1, -0.05) is 44.9 Å². The smallest absolute Gasteiger partial charge is 0.344 e. The van der Waals surface area contributed by atoms with E-state index in [1.807, 2.05) is 0 Å². The fourth-order valence-corrected chi connectivity index (χ4v) is 3.72. The first-order chi connectivity index (χ1) is 12.3. The largest absolute Gasteiger partial charge is 0.460 e. The van der Waals surface area contributed by atoms with Crippen LogP contribution in [0.2, 0.25) is 5.02 Å². The minimum absolute atomic E-state index is 0.0634. The van der Waals surface area contributed by atoms with E-state index in [1.54, 1.807) is 0 Å². The Kier molecular flexibility index (Phi) is 7.44. The van der Waals surface area contributed by atoms with Gasteiger partial charge < -0.3 is 9.47 Å². The van der Waals surface area contributed by atoms with Gasteiger partial charge in [0.1, 0.15) is 11.9 Å². The summed E-state index contributed by atoms with van der Waals surface area (Å²) in [5, 5.41) is 0.153. The number of ether oxygens (including phenoxy) is 2. The fourth-order valence-electron chi connectivity index (χ4n) is 3.49. The first kappa shape index (κ1) is 20.7. The van der Waals surface area contributed by atoms with Crippen LogP contribution in [0.5, 0.6) is 0 Å². The first-order valence-corrected chi connectivity index (χ1v) is 9.43. The number of hydrogen-bond acceptors (Lipinski definition) is 4. The summed E-state index contributed by atoms with van der Waals surface area (Å²) in [5.41, 5.74) is 0.0634. The van der Waals surface area contributed by atoms with Gasteiger partial charge in [-0.3, -0.25) is 4.79 Å². The molecule has 0 spiro atoms. The number of halogens is 2. The van der Waals surface area contributed by atoms with Crippen molar-refractivity contribution >= 4 is 23.5 Å². The lowest BCUT2D eigenvalue weighted by Gasteiger charge is -2.36. The molecule has 2 rings (SSSR count). The Morgan fingerprint density at radius 2 is 2.00 bits per heavy atom. The second-order valence-corrected chi connectivity index (χ2v) is 7.80. The highest BCUT2D eigenvalue weighted by molar-refractivity contribution is 6.31. The van der Waals surface area contributed by atoms with Gasteiger partial charge in [0.05, 0.1) is 6.42 Å². The van der Waals surface area contributed by atoms with Crippen molar-refractivity contribution in [2.75, 3.05) is 6.61 Å². The second kappa shape index (κ2) is 9.36. The van der Waals surface area contributed by atoms with Gasteiger partial charge >= 0.3 is 11.9 Å². The Morgan fingerprint density at radius 3 is 2.65 bits per heavy atom. The zero-order chi connectivity index (χ0) is 19.3. The molecule has 0 amide bonds. The number of esters is 2. The summed E-state index contributed by atoms with van der Waals surface area (Å²) in [5.74, 6) is -0.607. The molecule has 4 nitrogen and oxygen atoms in total. The van der Waals surface area contributed by atoms with E-state index in [0.717, 1.165) is 19.3 Å². The third kappa shape index (κ3) is 5.70. The number of benzene rings is 1. The summed E-state index contributed by atoms with van der Waals surface area (Å²) in [6.45, 7) is 5.93. The molecule has 0 radical (unpaired) electrons. The van der Waals surface area contributed by atoms with Crippen molar-refractivity contribution in [1.29, 1.82) is 0 Å². The molecule has 0 saturated heterocycles. The van der Waals surface area contributed by atoms with Gasteiger partial charge in [0.25, 0.3) is 0 Å². The van der Waals surface area contributed by atoms with Crippen LogP contribution < -0.4 is 0 Å². The molecule has 3 atom stereocenters. The summed E-state index contributed by atoms with van der Waals surface area (Å²) in [7, 11) is 0. The van der Waals surface area contributed by atoms with Gasteiger partial charge in [-0.25, -0.2) is 9.18 Å². The van der Waals surface area contributed by atoms with Crippen LogP contribution in [0.15, 0.2) is 18.2 Å². The van der Waals surface area contributed by atoms with E-state index in [0.29, 0.717) is 17.8 Å². The van der Waals surface area contributed by atoms with Crippen LogP contribution in [0.1, 0.15) is 45.6 Å². The molecule has 1 saturated carbocycles. The standard InChI is InChI=1S/C20H26ClFO4/c1-12(2)14-8-7-13(3)9-18(14)26-20(24)11-25-19(23)10-15-16(21)5-4-6-17(15)22/h4-6,12-14,18H,7-11H2,1-3H3/t13-,14+,18+/m0/s1. The zero-order valence-corrected chi connectivity index (χ0v) is 16.2. The van der Waals surface area contributed by atoms with Crippen LogP contribution in [0, 0.1) is 23.6 Å². The fraction of sp³-hybridized carbons (Fsp3) is 0.600. The highest BCUT2D eigenvalue weighted by atomic mass is 35.5. The van der Waals surface area contributed by atoms with E-state index in [9.17, 15) is 14.0 Å². The Balaban J connectivity index is 1.84. The van der Waals surface area contributed by atoms with E-state index >= 15 is 0 Å². The molecule has 0 aliphatic heterocycles. The Labute approximate surface area is 159 Å². The van der Waals surface area contributed by atoms with Crippen molar-refractivity contribution < 1.29 is 23.5 Å². The van der Waals surface area contributed by atoms with Gasteiger partial charge in [0.15, 0.2) is 6.61 Å². The van der Waals surface area contributed by atoms with Crippen molar-refractivity contribution in [2.45, 2.75) is 52.6 Å². The van der Waals surface area contributed by atoms with E-state index in [2.05, 4.69) is 20.8 Å². The molecule has 6 heteroatoms. The summed E-state index contributed by atoms with van der Waals surface area (Å²) < 4.78 is 24.2. The van der Waals surface area contributed by atoms with E-state index in [4.69, 9.17) is 21.1 Å². The quantitative estimate of drug-likeness (QED) is 0.674. The molecule has 1 aromatic carbocycles. The van der Waals surface area contributed by atoms with Crippen LogP contribution in [-0.2, 0) is 25.5 Å². The average Bonchev–Trinajstić information content (AvgIpc) is 2.56. The van der Waals surface area contributed by atoms with Crippen LogP contribution in [-0.4, -0.2) is 24.6 Å². The number of hydrogen-bond donors (Lipinski definition) is 0. The van der Waals surface area contributed by atoms with Crippen molar-refractivity contribution in [1.82, 2.24) is 0 Å². The molecule has 1 fully saturated rings. The van der Waals surface area contributed by atoms with Gasteiger partial charge in [-0.2, -0.15) is 0 Å². The zero-order valence-electron chi connectivity index (χ0n) is 15.5. The van der Waals surface area contributed by atoms with Crippen molar-refractivity contribution in [3.8, 4) is 0 Å². The Hall–Kier alpha value is -1.62. The lowest BCUT2D eigenvalue weighted by molar-refractivity contribution is -0.166. The summed E-state index contributed by atoms with van der Waals surface area (Å²) >= 11 is 5.89. The molecule has 0 aromatic heterocycles. The highest BCUT2D eigenvalue weighted by Gasteiger charge is 2.33. The maximum Gasteiger partial charge on any atom is 0.344 e. The minimum atomic E-state index is -0.716. The van der Waals surface area contributed by atoms with Crippen LogP contribution in [0.4, 0.5) is 4.39 Å². The van der Waals surface area contributed by atoms with Gasteiger partial charge in [0.2, 0.25) is 0 Å². The van der Waals surface area contributed by atoms with Crippen molar-refractivity contribution in [3.63, 3.8) is 0 Å². The van der Waals surface area contributed by atoms with Gasteiger partial charge in [-0.15, -0.1) is 0 Å². The summed E-state index contributed by atoms with van der Waals surface area (Å²) in [6.07, 6.45) is 2.52. The number of carbonyl (C=O) groups is 2. The van der Waals surface area contributed by atoms with E-state index in [1.165, 1.54) is 18.2 Å². The molecule has 1 aliphatic carbocycles. The molecule has 1 aromatic rings. The number of carbonyl (C=O) groups excluding carboxylic acids is 2. The summed E-state index contributed by atoms with van der Waals surface area (Å²) in [4.78, 5) is 24.0. The highest BCUT2D eigenvalue weighted by Crippen LogP contribution is 2.35. The van der Waals surface area contributed by atoms with Crippen molar-refractivity contribution in [3.05, 3.63) is 34.6 Å². The molecular formula is C20H26ClFO4. The molecule has 0 unspecified atom stereocenters. The molecule has 144 valence electrons. The van der Waals surface area contributed by atoms with E-state index in [-0.39, 0.29) is 23.1 Å². The van der Waals surface area contributed by atoms with Gasteiger partial charge in [-0.05, 0) is 42.7 Å². The molecular weight excluding hydrogens is 359 g/mol. The topological polar surface area (TPSA) is 52.6 Å². The van der Waals surface area contributed by atoms with Gasteiger partial charge in [0, 0.05) is 10.6 Å². The van der Waals surface area contributed by atoms with Crippen LogP contribution in [0.25, 0.3) is 0 Å². The third-order valence-corrected chi connectivity index (χ3v) is 5.33. The van der Waals surface area contributed by atoms with Crippen molar-refractivity contribution in [2.24, 2.45) is 17.8 Å². The SMILES string of the molecule is CC(C)[C@H]1CC[C@H](C)C[C@H]1OC(=O)COC(=O)Cc1c(F)cccc1Cl. The molecule has 26 heavy (non-hydrogen) atoms. The normalized spacial score (nSPS) is 22.9. The average molecular weight is 385 g/mol. The van der Waals surface area contributed by atoms with E-state index < -0.39 is 24.4 Å². The Bertz CT molecular complexity index is 626. The molecule has 0 bridgehead atoms. The first-order valence-electron chi connectivity index (χ1n) is 9.06. The lowest BCUT2D eigenvalue weighted by Crippen LogP contribution is -2.36. The number of rotatable bonds is 6. The van der Waals surface area contributed by atoms with Crippen LogP contribution in [0.3, 0.4) is 0 Å². The predicted molar refractivity (Wildman–Crippen MR) is 97.3 cm³/mol. The molecule has 0 heterocycles. The monoisotopic (exact) mass is 384 g/mol. The maximum atomic E-state index is 13.7. The summed E-state index contributed by atoms with van der Waals surface area (Å²) in [6, 6.07) is 4.18. The molecule has 0 N–H and O–H groups in total. The van der Waals surface area contributed by atoms with Crippen LogP contribution >= 0.6 is 11.6 Å².